The van der Waals surface area contributed by atoms with Gasteiger partial charge < -0.3 is 10.2 Å². The molecule has 0 heterocycles. The minimum Gasteiger partial charge on any atom is -0.376 e. The van der Waals surface area contributed by atoms with Gasteiger partial charge in [0.2, 0.25) is 0 Å². The Hall–Kier alpha value is -2.82. The van der Waals surface area contributed by atoms with Gasteiger partial charge in [0, 0.05) is 24.5 Å². The molecule has 5 nitrogen and oxygen atoms in total. The standard InChI is InChI=1S/C20H26N4O/c1-4-24(5-2)18-12-10-17(11-13-18)14-22-23-20(25)15-21-19-9-7-6-8-16(19)3/h6-14,21H,4-5,15H2,1-3H3,(H,23,25). The van der Waals surface area contributed by atoms with Crippen LogP contribution in [0.1, 0.15) is 25.0 Å². The van der Waals surface area contributed by atoms with Gasteiger partial charge in [0.1, 0.15) is 0 Å². The van der Waals surface area contributed by atoms with Gasteiger partial charge in [-0.25, -0.2) is 5.43 Å². The molecule has 0 aliphatic heterocycles. The van der Waals surface area contributed by atoms with E-state index in [-0.39, 0.29) is 12.5 Å². The maximum atomic E-state index is 11.8. The molecule has 2 aromatic rings. The van der Waals surface area contributed by atoms with Crippen molar-refractivity contribution in [2.24, 2.45) is 5.10 Å². The molecule has 0 atom stereocenters. The second-order valence-corrected chi connectivity index (χ2v) is 5.73. The number of hydrogen-bond acceptors (Lipinski definition) is 4. The van der Waals surface area contributed by atoms with E-state index >= 15 is 0 Å². The largest absolute Gasteiger partial charge is 0.376 e. The average molecular weight is 338 g/mol. The second kappa shape index (κ2) is 9.47. The molecule has 0 unspecified atom stereocenters. The number of anilines is 2. The number of amides is 1. The minimum absolute atomic E-state index is 0.181. The lowest BCUT2D eigenvalue weighted by Gasteiger charge is -2.20. The monoisotopic (exact) mass is 338 g/mol. The van der Waals surface area contributed by atoms with E-state index in [1.807, 2.05) is 43.3 Å². The highest BCUT2D eigenvalue weighted by Gasteiger charge is 2.02. The van der Waals surface area contributed by atoms with Crippen LogP contribution in [-0.4, -0.2) is 31.8 Å². The molecule has 25 heavy (non-hydrogen) atoms. The van der Waals surface area contributed by atoms with E-state index in [2.05, 4.69) is 46.7 Å². The number of nitrogens with zero attached hydrogens (tertiary/aromatic N) is 2. The molecule has 0 aromatic heterocycles. The predicted molar refractivity (Wildman–Crippen MR) is 105 cm³/mol. The van der Waals surface area contributed by atoms with Gasteiger partial charge in [-0.1, -0.05) is 30.3 Å². The Labute approximate surface area is 149 Å². The lowest BCUT2D eigenvalue weighted by Crippen LogP contribution is -2.26. The van der Waals surface area contributed by atoms with Crippen LogP contribution in [0, 0.1) is 6.92 Å². The van der Waals surface area contributed by atoms with Crippen molar-refractivity contribution >= 4 is 23.5 Å². The lowest BCUT2D eigenvalue weighted by molar-refractivity contribution is -0.119. The normalized spacial score (nSPS) is 10.7. The molecule has 0 bridgehead atoms. The van der Waals surface area contributed by atoms with E-state index in [1.165, 1.54) is 5.69 Å². The first-order valence-electron chi connectivity index (χ1n) is 8.60. The summed E-state index contributed by atoms with van der Waals surface area (Å²) < 4.78 is 0. The van der Waals surface area contributed by atoms with Crippen LogP contribution in [0.3, 0.4) is 0 Å². The summed E-state index contributed by atoms with van der Waals surface area (Å²) in [6, 6.07) is 16.0. The van der Waals surface area contributed by atoms with Crippen LogP contribution < -0.4 is 15.6 Å². The molecule has 1 amide bonds. The van der Waals surface area contributed by atoms with E-state index in [9.17, 15) is 4.79 Å². The molecule has 2 N–H and O–H groups in total. The number of hydrazone groups is 1. The Balaban J connectivity index is 1.82. The number of aryl methyl sites for hydroxylation is 1. The van der Waals surface area contributed by atoms with Crippen LogP contribution in [0.5, 0.6) is 0 Å². The van der Waals surface area contributed by atoms with Crippen molar-refractivity contribution in [3.63, 3.8) is 0 Å². The molecule has 0 saturated carbocycles. The zero-order chi connectivity index (χ0) is 18.1. The van der Waals surface area contributed by atoms with Gasteiger partial charge in [0.15, 0.2) is 0 Å². The molecule has 0 saturated heterocycles. The van der Waals surface area contributed by atoms with E-state index in [1.54, 1.807) is 6.21 Å². The predicted octanol–water partition coefficient (Wildman–Crippen LogP) is 3.40. The summed E-state index contributed by atoms with van der Waals surface area (Å²) in [6.45, 7) is 8.42. The molecule has 132 valence electrons. The van der Waals surface area contributed by atoms with Crippen molar-refractivity contribution in [3.8, 4) is 0 Å². The Morgan fingerprint density at radius 2 is 1.76 bits per heavy atom. The van der Waals surface area contributed by atoms with Gasteiger partial charge in [0.05, 0.1) is 12.8 Å². The summed E-state index contributed by atoms with van der Waals surface area (Å²) in [5, 5.41) is 7.12. The van der Waals surface area contributed by atoms with Crippen LogP contribution >= 0.6 is 0 Å². The summed E-state index contributed by atoms with van der Waals surface area (Å²) in [4.78, 5) is 14.1. The first-order valence-corrected chi connectivity index (χ1v) is 8.60. The van der Waals surface area contributed by atoms with Crippen molar-refractivity contribution < 1.29 is 4.79 Å². The number of para-hydroxylation sites is 1. The van der Waals surface area contributed by atoms with E-state index in [0.717, 1.165) is 29.9 Å². The van der Waals surface area contributed by atoms with Gasteiger partial charge in [-0.3, -0.25) is 4.79 Å². The molecule has 0 aliphatic rings. The topological polar surface area (TPSA) is 56.7 Å². The van der Waals surface area contributed by atoms with E-state index < -0.39 is 0 Å². The van der Waals surface area contributed by atoms with Crippen LogP contribution in [0.2, 0.25) is 0 Å². The summed E-state index contributed by atoms with van der Waals surface area (Å²) >= 11 is 0. The van der Waals surface area contributed by atoms with E-state index in [4.69, 9.17) is 0 Å². The van der Waals surface area contributed by atoms with Crippen molar-refractivity contribution in [1.29, 1.82) is 0 Å². The van der Waals surface area contributed by atoms with Crippen molar-refractivity contribution in [2.75, 3.05) is 29.9 Å². The second-order valence-electron chi connectivity index (χ2n) is 5.73. The Morgan fingerprint density at radius 3 is 2.40 bits per heavy atom. The van der Waals surface area contributed by atoms with Crippen molar-refractivity contribution in [3.05, 3.63) is 59.7 Å². The molecule has 0 radical (unpaired) electrons. The average Bonchev–Trinajstić information content (AvgIpc) is 2.63. The highest BCUT2D eigenvalue weighted by atomic mass is 16.2. The quantitative estimate of drug-likeness (QED) is 0.573. The molecular formula is C20H26N4O. The number of carbonyl (C=O) groups is 1. The molecule has 0 fully saturated rings. The number of nitrogens with one attached hydrogen (secondary N) is 2. The summed E-state index contributed by atoms with van der Waals surface area (Å²) in [5.74, 6) is -0.181. The van der Waals surface area contributed by atoms with Crippen LogP contribution in [0.4, 0.5) is 11.4 Å². The van der Waals surface area contributed by atoms with Crippen LogP contribution in [0.25, 0.3) is 0 Å². The van der Waals surface area contributed by atoms with Gasteiger partial charge in [-0.05, 0) is 50.1 Å². The van der Waals surface area contributed by atoms with Crippen molar-refractivity contribution in [2.45, 2.75) is 20.8 Å². The third kappa shape index (κ3) is 5.64. The lowest BCUT2D eigenvalue weighted by atomic mass is 10.2. The molecule has 0 aliphatic carbocycles. The first-order chi connectivity index (χ1) is 12.1. The Bertz CT molecular complexity index is 706. The van der Waals surface area contributed by atoms with Gasteiger partial charge in [-0.15, -0.1) is 0 Å². The minimum atomic E-state index is -0.181. The fraction of sp³-hybridized carbons (Fsp3) is 0.300. The summed E-state index contributed by atoms with van der Waals surface area (Å²) in [7, 11) is 0. The highest BCUT2D eigenvalue weighted by Crippen LogP contribution is 2.14. The zero-order valence-electron chi connectivity index (χ0n) is 15.1. The summed E-state index contributed by atoms with van der Waals surface area (Å²) in [5.41, 5.74) is 6.73. The molecule has 0 spiro atoms. The Kier molecular flexibility index (Phi) is 7.01. The van der Waals surface area contributed by atoms with Gasteiger partial charge >= 0.3 is 0 Å². The third-order valence-electron chi connectivity index (χ3n) is 4.01. The van der Waals surface area contributed by atoms with Crippen molar-refractivity contribution in [1.82, 2.24) is 5.43 Å². The third-order valence-corrected chi connectivity index (χ3v) is 4.01. The smallest absolute Gasteiger partial charge is 0.259 e. The fourth-order valence-corrected chi connectivity index (χ4v) is 2.53. The summed E-state index contributed by atoms with van der Waals surface area (Å²) in [6.07, 6.45) is 1.65. The molecule has 2 rings (SSSR count). The first kappa shape index (κ1) is 18.5. The SMILES string of the molecule is CCN(CC)c1ccc(C=NNC(=O)CNc2ccccc2C)cc1. The number of carbonyl (C=O) groups excluding carboxylic acids is 1. The van der Waals surface area contributed by atoms with Gasteiger partial charge in [-0.2, -0.15) is 5.10 Å². The highest BCUT2D eigenvalue weighted by molar-refractivity contribution is 5.84. The van der Waals surface area contributed by atoms with Crippen LogP contribution in [0.15, 0.2) is 53.6 Å². The van der Waals surface area contributed by atoms with Gasteiger partial charge in [0.25, 0.3) is 5.91 Å². The number of rotatable bonds is 8. The zero-order valence-corrected chi connectivity index (χ0v) is 15.1. The Morgan fingerprint density at radius 1 is 1.08 bits per heavy atom. The molecular weight excluding hydrogens is 312 g/mol. The fourth-order valence-electron chi connectivity index (χ4n) is 2.53. The molecule has 5 heteroatoms. The maximum Gasteiger partial charge on any atom is 0.259 e. The number of benzene rings is 2. The maximum absolute atomic E-state index is 11.8. The molecule has 2 aromatic carbocycles. The number of hydrogen-bond donors (Lipinski definition) is 2. The van der Waals surface area contributed by atoms with E-state index in [0.29, 0.717) is 0 Å². The van der Waals surface area contributed by atoms with Crippen LogP contribution in [-0.2, 0) is 4.79 Å².